The summed E-state index contributed by atoms with van der Waals surface area (Å²) in [5, 5.41) is 3.44. The summed E-state index contributed by atoms with van der Waals surface area (Å²) in [4.78, 5) is 7.19. The van der Waals surface area contributed by atoms with Crippen molar-refractivity contribution >= 4 is 5.82 Å². The van der Waals surface area contributed by atoms with Crippen molar-refractivity contribution in [3.8, 4) is 0 Å². The van der Waals surface area contributed by atoms with Crippen molar-refractivity contribution in [3.63, 3.8) is 0 Å². The number of hydrogen-bond acceptors (Lipinski definition) is 3. The average Bonchev–Trinajstić information content (AvgIpc) is 3.04. The van der Waals surface area contributed by atoms with Gasteiger partial charge in [0, 0.05) is 24.8 Å². The van der Waals surface area contributed by atoms with Gasteiger partial charge in [0.05, 0.1) is 0 Å². The fourth-order valence-electron chi connectivity index (χ4n) is 3.25. The monoisotopic (exact) mass is 309 g/mol. The van der Waals surface area contributed by atoms with Gasteiger partial charge in [0.25, 0.3) is 0 Å². The summed E-state index contributed by atoms with van der Waals surface area (Å²) in [5.41, 5.74) is 2.73. The van der Waals surface area contributed by atoms with Crippen molar-refractivity contribution in [3.05, 3.63) is 59.8 Å². The maximum absolute atomic E-state index is 4.61. The minimum Gasteiger partial charge on any atom is -0.368 e. The third-order valence-corrected chi connectivity index (χ3v) is 4.77. The van der Waals surface area contributed by atoms with Gasteiger partial charge in [0.2, 0.25) is 0 Å². The highest BCUT2D eigenvalue weighted by atomic mass is 15.2. The second-order valence-electron chi connectivity index (χ2n) is 6.54. The van der Waals surface area contributed by atoms with E-state index in [0.717, 1.165) is 18.8 Å². The van der Waals surface area contributed by atoms with Gasteiger partial charge in [-0.25, -0.2) is 4.98 Å². The Morgan fingerprint density at radius 2 is 2.04 bits per heavy atom. The number of hydrogen-bond donors (Lipinski definition) is 1. The van der Waals surface area contributed by atoms with Crippen molar-refractivity contribution in [1.82, 2.24) is 9.88 Å². The predicted octanol–water partition coefficient (Wildman–Crippen LogP) is 4.63. The van der Waals surface area contributed by atoms with E-state index in [1.165, 1.54) is 30.5 Å². The Morgan fingerprint density at radius 3 is 2.74 bits per heavy atom. The largest absolute Gasteiger partial charge is 0.368 e. The Morgan fingerprint density at radius 1 is 1.22 bits per heavy atom. The number of likely N-dealkylation sites (tertiary alicyclic amines) is 1. The van der Waals surface area contributed by atoms with Crippen LogP contribution in [0.15, 0.2) is 48.7 Å². The van der Waals surface area contributed by atoms with E-state index in [4.69, 9.17) is 0 Å². The summed E-state index contributed by atoms with van der Waals surface area (Å²) < 4.78 is 0. The molecule has 0 saturated carbocycles. The number of rotatable bonds is 6. The van der Waals surface area contributed by atoms with Gasteiger partial charge in [-0.3, -0.25) is 4.90 Å². The number of nitrogens with zero attached hydrogens (tertiary/aromatic N) is 2. The summed E-state index contributed by atoms with van der Waals surface area (Å²) in [5.74, 6) is 0.982. The molecule has 2 aromatic rings. The first-order valence-corrected chi connectivity index (χ1v) is 8.76. The molecule has 3 heteroatoms. The van der Waals surface area contributed by atoms with E-state index in [1.807, 2.05) is 0 Å². The first-order chi connectivity index (χ1) is 11.3. The van der Waals surface area contributed by atoms with Crippen LogP contribution in [0.1, 0.15) is 50.3 Å². The van der Waals surface area contributed by atoms with Crippen LogP contribution in [0.5, 0.6) is 0 Å². The fourth-order valence-corrected chi connectivity index (χ4v) is 3.25. The summed E-state index contributed by atoms with van der Waals surface area (Å²) >= 11 is 0. The second kappa shape index (κ2) is 7.60. The fraction of sp³-hybridized carbons (Fsp3) is 0.450. The topological polar surface area (TPSA) is 28.2 Å². The molecule has 122 valence electrons. The molecule has 0 amide bonds. The molecule has 1 aromatic carbocycles. The lowest BCUT2D eigenvalue weighted by atomic mass is 10.1. The van der Waals surface area contributed by atoms with Crippen molar-refractivity contribution in [2.24, 2.45) is 0 Å². The molecule has 3 nitrogen and oxygen atoms in total. The Bertz CT molecular complexity index is 594. The molecule has 2 heterocycles. The van der Waals surface area contributed by atoms with E-state index in [-0.39, 0.29) is 0 Å². The van der Waals surface area contributed by atoms with E-state index in [0.29, 0.717) is 12.1 Å². The molecule has 0 spiro atoms. The SMILES string of the molecule is CC[C@H](C)Nc1ccc([C@@H]2CCCN2Cc2ccccc2)cn1. The Labute approximate surface area is 139 Å². The highest BCUT2D eigenvalue weighted by Gasteiger charge is 2.26. The zero-order chi connectivity index (χ0) is 16.1. The van der Waals surface area contributed by atoms with Crippen molar-refractivity contribution in [2.75, 3.05) is 11.9 Å². The third kappa shape index (κ3) is 4.11. The Hall–Kier alpha value is -1.87. The molecular formula is C20H27N3. The number of pyridine rings is 1. The summed E-state index contributed by atoms with van der Waals surface area (Å²) in [6.45, 7) is 6.57. The van der Waals surface area contributed by atoms with Gasteiger partial charge in [-0.05, 0) is 49.9 Å². The van der Waals surface area contributed by atoms with Crippen LogP contribution in [-0.2, 0) is 6.54 Å². The van der Waals surface area contributed by atoms with E-state index >= 15 is 0 Å². The van der Waals surface area contributed by atoms with Gasteiger partial charge in [-0.2, -0.15) is 0 Å². The van der Waals surface area contributed by atoms with Crippen LogP contribution in [0.3, 0.4) is 0 Å². The maximum atomic E-state index is 4.61. The zero-order valence-corrected chi connectivity index (χ0v) is 14.2. The van der Waals surface area contributed by atoms with Gasteiger partial charge in [-0.15, -0.1) is 0 Å². The summed E-state index contributed by atoms with van der Waals surface area (Å²) in [7, 11) is 0. The van der Waals surface area contributed by atoms with E-state index in [1.54, 1.807) is 0 Å². The normalized spacial score (nSPS) is 19.7. The number of nitrogens with one attached hydrogen (secondary N) is 1. The van der Waals surface area contributed by atoms with Gasteiger partial charge in [0.15, 0.2) is 0 Å². The van der Waals surface area contributed by atoms with Crippen LogP contribution in [0.25, 0.3) is 0 Å². The van der Waals surface area contributed by atoms with Gasteiger partial charge < -0.3 is 5.32 Å². The minimum atomic E-state index is 0.467. The molecule has 1 saturated heterocycles. The first-order valence-electron chi connectivity index (χ1n) is 8.76. The average molecular weight is 309 g/mol. The highest BCUT2D eigenvalue weighted by molar-refractivity contribution is 5.37. The molecule has 3 rings (SSSR count). The molecule has 1 aliphatic rings. The molecule has 1 N–H and O–H groups in total. The molecule has 23 heavy (non-hydrogen) atoms. The van der Waals surface area contributed by atoms with Crippen LogP contribution < -0.4 is 5.32 Å². The van der Waals surface area contributed by atoms with Gasteiger partial charge in [0.1, 0.15) is 5.82 Å². The minimum absolute atomic E-state index is 0.467. The van der Waals surface area contributed by atoms with E-state index in [9.17, 15) is 0 Å². The van der Waals surface area contributed by atoms with Crippen LogP contribution in [0.2, 0.25) is 0 Å². The molecule has 2 atom stereocenters. The molecule has 0 bridgehead atoms. The predicted molar refractivity (Wildman–Crippen MR) is 96.4 cm³/mol. The number of benzene rings is 1. The summed E-state index contributed by atoms with van der Waals surface area (Å²) in [6, 6.07) is 16.1. The lowest BCUT2D eigenvalue weighted by Gasteiger charge is -2.25. The van der Waals surface area contributed by atoms with Gasteiger partial charge >= 0.3 is 0 Å². The van der Waals surface area contributed by atoms with Crippen LogP contribution in [0, 0.1) is 0 Å². The van der Waals surface area contributed by atoms with E-state index < -0.39 is 0 Å². The molecular weight excluding hydrogens is 282 g/mol. The first kappa shape index (κ1) is 16.0. The second-order valence-corrected chi connectivity index (χ2v) is 6.54. The zero-order valence-electron chi connectivity index (χ0n) is 14.2. The Balaban J connectivity index is 1.67. The molecule has 0 radical (unpaired) electrons. The van der Waals surface area contributed by atoms with E-state index in [2.05, 4.69) is 77.7 Å². The number of aromatic nitrogens is 1. The molecule has 1 aromatic heterocycles. The molecule has 1 aliphatic heterocycles. The smallest absolute Gasteiger partial charge is 0.126 e. The van der Waals surface area contributed by atoms with Crippen molar-refractivity contribution in [1.29, 1.82) is 0 Å². The molecule has 1 fully saturated rings. The quantitative estimate of drug-likeness (QED) is 0.843. The lowest BCUT2D eigenvalue weighted by molar-refractivity contribution is 0.248. The van der Waals surface area contributed by atoms with Crippen molar-refractivity contribution in [2.45, 2.75) is 51.7 Å². The molecule has 0 unspecified atom stereocenters. The standard InChI is InChI=1S/C20H27N3/c1-3-16(2)22-20-12-11-18(14-21-20)19-10-7-13-23(19)15-17-8-5-4-6-9-17/h4-6,8-9,11-12,14,16,19H,3,7,10,13,15H2,1-2H3,(H,21,22)/t16-,19-/m0/s1. The van der Waals surface area contributed by atoms with Gasteiger partial charge in [-0.1, -0.05) is 43.3 Å². The Kier molecular flexibility index (Phi) is 5.29. The highest BCUT2D eigenvalue weighted by Crippen LogP contribution is 2.33. The van der Waals surface area contributed by atoms with Crippen LogP contribution >= 0.6 is 0 Å². The molecule has 0 aliphatic carbocycles. The number of anilines is 1. The van der Waals surface area contributed by atoms with Crippen molar-refractivity contribution < 1.29 is 0 Å². The summed E-state index contributed by atoms with van der Waals surface area (Å²) in [6.07, 6.45) is 5.66. The third-order valence-electron chi connectivity index (χ3n) is 4.77. The maximum Gasteiger partial charge on any atom is 0.126 e. The van der Waals surface area contributed by atoms with Crippen LogP contribution in [-0.4, -0.2) is 22.5 Å². The van der Waals surface area contributed by atoms with Crippen LogP contribution in [0.4, 0.5) is 5.82 Å². The lowest BCUT2D eigenvalue weighted by Crippen LogP contribution is -2.23.